The molecule has 5 nitrogen and oxygen atoms in total. The second kappa shape index (κ2) is 15.2. The maximum absolute atomic E-state index is 14.9. The fraction of sp³-hybridized carbons (Fsp3) is 0.182. The summed E-state index contributed by atoms with van der Waals surface area (Å²) in [6, 6.07) is 43.4. The lowest BCUT2D eigenvalue weighted by atomic mass is 9.86. The van der Waals surface area contributed by atoms with Crippen LogP contribution in [0.25, 0.3) is 89.2 Å². The van der Waals surface area contributed by atoms with Crippen molar-refractivity contribution in [3.8, 4) is 45.5 Å². The Morgan fingerprint density at radius 1 is 0.348 bits per heavy atom. The van der Waals surface area contributed by atoms with Crippen LogP contribution in [0, 0.1) is 0 Å². The molecule has 0 aliphatic rings. The highest BCUT2D eigenvalue weighted by Crippen LogP contribution is 2.43. The van der Waals surface area contributed by atoms with Crippen molar-refractivity contribution < 1.29 is 26.3 Å². The van der Waals surface area contributed by atoms with Crippen LogP contribution in [0.3, 0.4) is 0 Å². The second-order valence-electron chi connectivity index (χ2n) is 18.8. The van der Waals surface area contributed by atoms with Gasteiger partial charge in [-0.3, -0.25) is 0 Å². The molecule has 0 unspecified atom stereocenters. The molecule has 7 aromatic carbocycles. The van der Waals surface area contributed by atoms with Gasteiger partial charge >= 0.3 is 12.4 Å². The molecule has 0 radical (unpaired) electrons. The summed E-state index contributed by atoms with van der Waals surface area (Å²) in [7, 11) is 0. The van der Waals surface area contributed by atoms with Crippen LogP contribution in [-0.4, -0.2) is 24.1 Å². The summed E-state index contributed by atoms with van der Waals surface area (Å²) >= 11 is 0. The normalized spacial score (nSPS) is 12.8. The lowest BCUT2D eigenvalue weighted by Crippen LogP contribution is -2.12. The van der Waals surface area contributed by atoms with E-state index in [1.165, 1.54) is 12.1 Å². The average molecular weight is 888 g/mol. The molecule has 0 fully saturated rings. The van der Waals surface area contributed by atoms with E-state index in [-0.39, 0.29) is 39.4 Å². The molecule has 330 valence electrons. The van der Waals surface area contributed by atoms with Gasteiger partial charge in [0.25, 0.3) is 0 Å². The van der Waals surface area contributed by atoms with Crippen LogP contribution in [0.4, 0.5) is 26.3 Å². The minimum Gasteiger partial charge on any atom is -0.308 e. The van der Waals surface area contributed by atoms with E-state index in [4.69, 9.17) is 15.0 Å². The van der Waals surface area contributed by atoms with Gasteiger partial charge in [0.05, 0.1) is 44.6 Å². The van der Waals surface area contributed by atoms with E-state index in [0.29, 0.717) is 16.9 Å². The molecule has 0 atom stereocenters. The van der Waals surface area contributed by atoms with Crippen molar-refractivity contribution in [3.05, 3.63) is 174 Å². The van der Waals surface area contributed by atoms with Crippen molar-refractivity contribution in [1.29, 1.82) is 0 Å². The smallest absolute Gasteiger partial charge is 0.308 e. The van der Waals surface area contributed by atoms with E-state index in [1.807, 2.05) is 69.8 Å². The number of nitrogens with zero attached hydrogens (tertiary/aromatic N) is 5. The Balaban J connectivity index is 1.32. The number of rotatable bonds is 5. The van der Waals surface area contributed by atoms with E-state index >= 15 is 0 Å². The Morgan fingerprint density at radius 2 is 0.712 bits per heavy atom. The number of benzene rings is 7. The molecule has 0 bridgehead atoms. The van der Waals surface area contributed by atoms with Crippen molar-refractivity contribution in [1.82, 2.24) is 24.1 Å². The molecule has 0 amide bonds. The van der Waals surface area contributed by atoms with Crippen molar-refractivity contribution in [3.63, 3.8) is 0 Å². The van der Waals surface area contributed by atoms with Crippen molar-refractivity contribution in [2.75, 3.05) is 0 Å². The van der Waals surface area contributed by atoms with Gasteiger partial charge in [-0.2, -0.15) is 26.3 Å². The zero-order valence-corrected chi connectivity index (χ0v) is 36.9. The molecule has 0 saturated carbocycles. The van der Waals surface area contributed by atoms with Crippen LogP contribution in [-0.2, 0) is 23.2 Å². The zero-order chi connectivity index (χ0) is 46.5. The predicted molar refractivity (Wildman–Crippen MR) is 252 cm³/mol. The third kappa shape index (κ3) is 7.36. The molecule has 0 saturated heterocycles. The molecule has 11 heteroatoms. The molecular formula is C55H43F6N5. The van der Waals surface area contributed by atoms with Gasteiger partial charge < -0.3 is 9.13 Å². The van der Waals surface area contributed by atoms with Crippen molar-refractivity contribution >= 4 is 43.6 Å². The zero-order valence-electron chi connectivity index (χ0n) is 36.9. The Hall–Kier alpha value is -7.27. The third-order valence-corrected chi connectivity index (χ3v) is 12.4. The predicted octanol–water partition coefficient (Wildman–Crippen LogP) is 15.7. The highest BCUT2D eigenvalue weighted by molar-refractivity contribution is 6.11. The molecular weight excluding hydrogens is 845 g/mol. The minimum atomic E-state index is -4.76. The number of alkyl halides is 6. The monoisotopic (exact) mass is 887 g/mol. The lowest BCUT2D eigenvalue weighted by molar-refractivity contribution is -0.138. The van der Waals surface area contributed by atoms with Gasteiger partial charge in [0.2, 0.25) is 0 Å². The summed E-state index contributed by atoms with van der Waals surface area (Å²) in [6.45, 7) is 12.5. The second-order valence-corrected chi connectivity index (χ2v) is 18.8. The first-order chi connectivity index (χ1) is 31.3. The first-order valence-electron chi connectivity index (χ1n) is 21.6. The first-order valence-corrected chi connectivity index (χ1v) is 21.6. The van der Waals surface area contributed by atoms with E-state index < -0.39 is 23.5 Å². The Labute approximate surface area is 377 Å². The van der Waals surface area contributed by atoms with E-state index in [9.17, 15) is 26.3 Å². The number of fused-ring (bicyclic) bond motifs is 6. The van der Waals surface area contributed by atoms with Gasteiger partial charge in [0.15, 0.2) is 17.5 Å². The third-order valence-electron chi connectivity index (χ3n) is 12.4. The van der Waals surface area contributed by atoms with Crippen molar-refractivity contribution in [2.45, 2.75) is 64.7 Å². The SMILES string of the molecule is CC(C)(C)c1ccc2c3ccccc3n(-c3ccc(C(F)(F)F)cc3-c3nc(-c4ccccc4)nc(-c4cc(C(F)(F)F)ccc4-n4c5ccccc5c5ccc(C(C)(C)C)cc54)n3)c2c1. The standard InChI is InChI=1S/C55H43F6N5/c1-52(2,3)33-20-24-39-37-16-10-12-18-43(37)65(47(39)30-33)45-26-22-35(54(56,57)58)28-41(45)50-62-49(32-14-8-7-9-15-32)63-51(64-50)42-29-36(55(59,60)61)23-27-46(42)66-44-19-13-11-17-38(44)40-25-21-34(31-48(40)66)53(4,5)6/h7-31H,1-6H3. The Morgan fingerprint density at radius 3 is 1.12 bits per heavy atom. The molecule has 10 rings (SSSR count). The fourth-order valence-corrected chi connectivity index (χ4v) is 8.90. The van der Waals surface area contributed by atoms with Crippen LogP contribution >= 0.6 is 0 Å². The summed E-state index contributed by atoms with van der Waals surface area (Å²) in [5.41, 5.74) is 3.78. The number of hydrogen-bond donors (Lipinski definition) is 0. The maximum atomic E-state index is 14.9. The van der Waals surface area contributed by atoms with E-state index in [1.54, 1.807) is 30.3 Å². The van der Waals surface area contributed by atoms with Crippen molar-refractivity contribution in [2.24, 2.45) is 0 Å². The molecule has 0 N–H and O–H groups in total. The molecule has 0 aliphatic heterocycles. The van der Waals surface area contributed by atoms with Crippen LogP contribution in [0.1, 0.15) is 63.8 Å². The minimum absolute atomic E-state index is 0.00896. The molecule has 3 heterocycles. The molecule has 66 heavy (non-hydrogen) atoms. The average Bonchev–Trinajstić information content (AvgIpc) is 3.79. The van der Waals surface area contributed by atoms with Gasteiger partial charge in [-0.25, -0.2) is 15.0 Å². The number of aromatic nitrogens is 5. The largest absolute Gasteiger partial charge is 0.416 e. The topological polar surface area (TPSA) is 48.5 Å². The molecule has 10 aromatic rings. The number of halogens is 6. The van der Waals surface area contributed by atoms with E-state index in [0.717, 1.165) is 79.0 Å². The molecule has 0 spiro atoms. The van der Waals surface area contributed by atoms with Gasteiger partial charge in [-0.1, -0.05) is 133 Å². The Kier molecular flexibility index (Phi) is 9.80. The summed E-state index contributed by atoms with van der Waals surface area (Å²) < 4.78 is 93.2. The summed E-state index contributed by atoms with van der Waals surface area (Å²) in [6.07, 6.45) is -9.52. The lowest BCUT2D eigenvalue weighted by Gasteiger charge is -2.21. The van der Waals surface area contributed by atoms with Gasteiger partial charge in [0, 0.05) is 38.2 Å². The van der Waals surface area contributed by atoms with Gasteiger partial charge in [0.1, 0.15) is 0 Å². The van der Waals surface area contributed by atoms with Crippen LogP contribution < -0.4 is 0 Å². The highest BCUT2D eigenvalue weighted by atomic mass is 19.4. The number of hydrogen-bond acceptors (Lipinski definition) is 3. The van der Waals surface area contributed by atoms with Crippen LogP contribution in [0.2, 0.25) is 0 Å². The Bertz CT molecular complexity index is 3320. The number of para-hydroxylation sites is 2. The first kappa shape index (κ1) is 42.7. The van der Waals surface area contributed by atoms with Gasteiger partial charge in [-0.05, 0) is 82.6 Å². The van der Waals surface area contributed by atoms with Gasteiger partial charge in [-0.15, -0.1) is 0 Å². The molecule has 0 aliphatic carbocycles. The highest BCUT2D eigenvalue weighted by Gasteiger charge is 2.34. The summed E-state index contributed by atoms with van der Waals surface area (Å²) in [5.74, 6) is -0.242. The quantitative estimate of drug-likeness (QED) is 0.162. The summed E-state index contributed by atoms with van der Waals surface area (Å²) in [5, 5.41) is 3.55. The summed E-state index contributed by atoms with van der Waals surface area (Å²) in [4.78, 5) is 14.7. The van der Waals surface area contributed by atoms with E-state index in [2.05, 4.69) is 65.8 Å². The maximum Gasteiger partial charge on any atom is 0.416 e. The van der Waals surface area contributed by atoms with Crippen LogP contribution in [0.5, 0.6) is 0 Å². The molecule has 3 aromatic heterocycles. The fourth-order valence-electron chi connectivity index (χ4n) is 8.90. The van der Waals surface area contributed by atoms with Crippen LogP contribution in [0.15, 0.2) is 152 Å².